The zero-order valence-electron chi connectivity index (χ0n) is 22.1. The van der Waals surface area contributed by atoms with Crippen LogP contribution in [0.2, 0.25) is 0 Å². The van der Waals surface area contributed by atoms with Crippen LogP contribution in [0.25, 0.3) is 11.3 Å². The number of nitrogens with zero attached hydrogens (tertiary/aromatic N) is 4. The van der Waals surface area contributed by atoms with Gasteiger partial charge in [0.25, 0.3) is 0 Å². The standard InChI is InChI=1S/C28H35F2N5O3/c1-28(2,3)25(34(14-7-13-31)27(36)38-35-15-8-16-37-35)26-32-24(22-17-21(29)11-12-23(22)30)19-33(26)18-20-9-5-4-6-10-20/h4-6,9-12,17,19,25H,7-8,13-16,18,31H2,1-3H3/t25-/m0/s1. The number of nitrogens with two attached hydrogens (primary N) is 1. The van der Waals surface area contributed by atoms with Gasteiger partial charge in [0.15, 0.2) is 0 Å². The van der Waals surface area contributed by atoms with Crippen molar-refractivity contribution in [1.82, 2.24) is 19.7 Å². The second kappa shape index (κ2) is 12.0. The molecule has 3 aromatic rings. The number of hydroxylamine groups is 2. The summed E-state index contributed by atoms with van der Waals surface area (Å²) >= 11 is 0. The fraction of sp³-hybridized carbons (Fsp3) is 0.429. The van der Waals surface area contributed by atoms with Crippen molar-refractivity contribution >= 4 is 6.09 Å². The molecule has 1 aliphatic rings. The van der Waals surface area contributed by atoms with Gasteiger partial charge in [-0.05, 0) is 53.8 Å². The van der Waals surface area contributed by atoms with Crippen LogP contribution in [0.5, 0.6) is 0 Å². The molecule has 1 amide bonds. The minimum Gasteiger partial charge on any atom is -0.330 e. The summed E-state index contributed by atoms with van der Waals surface area (Å²) in [4.78, 5) is 30.9. The van der Waals surface area contributed by atoms with E-state index in [-0.39, 0.29) is 11.3 Å². The van der Waals surface area contributed by atoms with Crippen molar-refractivity contribution in [3.8, 4) is 11.3 Å². The highest BCUT2D eigenvalue weighted by Crippen LogP contribution is 2.40. The monoisotopic (exact) mass is 527 g/mol. The molecule has 0 saturated carbocycles. The maximum Gasteiger partial charge on any atom is 0.431 e. The van der Waals surface area contributed by atoms with Gasteiger partial charge in [-0.25, -0.2) is 18.6 Å². The summed E-state index contributed by atoms with van der Waals surface area (Å²) in [5, 5.41) is 1.20. The molecule has 0 aliphatic carbocycles. The lowest BCUT2D eigenvalue weighted by Crippen LogP contribution is -2.45. The molecule has 1 saturated heterocycles. The number of hydrogen-bond acceptors (Lipinski definition) is 6. The van der Waals surface area contributed by atoms with Gasteiger partial charge >= 0.3 is 6.09 Å². The summed E-state index contributed by atoms with van der Waals surface area (Å²) in [7, 11) is 0. The topological polar surface area (TPSA) is 85.9 Å². The third-order valence-corrected chi connectivity index (χ3v) is 6.32. The molecule has 1 atom stereocenters. The molecule has 0 bridgehead atoms. The minimum atomic E-state index is -0.590. The summed E-state index contributed by atoms with van der Waals surface area (Å²) in [6, 6.07) is 12.4. The number of halogens is 2. The number of amides is 1. The number of aromatic nitrogens is 2. The van der Waals surface area contributed by atoms with Crippen LogP contribution in [0.1, 0.15) is 51.0 Å². The first-order valence-corrected chi connectivity index (χ1v) is 12.8. The van der Waals surface area contributed by atoms with Gasteiger partial charge in [-0.2, -0.15) is 0 Å². The Morgan fingerprint density at radius 3 is 2.63 bits per heavy atom. The van der Waals surface area contributed by atoms with Crippen LogP contribution in [-0.2, 0) is 16.2 Å². The number of carbonyl (C=O) groups excluding carboxylic acids is 1. The first-order chi connectivity index (χ1) is 18.2. The highest BCUT2D eigenvalue weighted by molar-refractivity contribution is 5.68. The highest BCUT2D eigenvalue weighted by atomic mass is 19.1. The summed E-state index contributed by atoms with van der Waals surface area (Å²) in [5.41, 5.74) is 6.62. The fourth-order valence-electron chi connectivity index (χ4n) is 4.60. The van der Waals surface area contributed by atoms with E-state index in [1.807, 2.05) is 55.7 Å². The van der Waals surface area contributed by atoms with Crippen molar-refractivity contribution in [2.24, 2.45) is 11.1 Å². The predicted octanol–water partition coefficient (Wildman–Crippen LogP) is 5.30. The molecule has 4 rings (SSSR count). The van der Waals surface area contributed by atoms with Crippen LogP contribution in [0, 0.1) is 17.0 Å². The number of benzene rings is 2. The fourth-order valence-corrected chi connectivity index (χ4v) is 4.60. The van der Waals surface area contributed by atoms with Crippen LogP contribution in [0.3, 0.4) is 0 Å². The average Bonchev–Trinajstić information content (AvgIpc) is 3.53. The molecule has 2 heterocycles. The summed E-state index contributed by atoms with van der Waals surface area (Å²) < 4.78 is 30.8. The highest BCUT2D eigenvalue weighted by Gasteiger charge is 2.40. The number of imidazole rings is 1. The van der Waals surface area contributed by atoms with Gasteiger partial charge in [0.05, 0.1) is 24.9 Å². The number of hydrogen-bond donors (Lipinski definition) is 1. The second-order valence-corrected chi connectivity index (χ2v) is 10.4. The van der Waals surface area contributed by atoms with Gasteiger partial charge in [-0.1, -0.05) is 51.1 Å². The van der Waals surface area contributed by atoms with E-state index in [1.165, 1.54) is 5.23 Å². The average molecular weight is 528 g/mol. The first-order valence-electron chi connectivity index (χ1n) is 12.8. The van der Waals surface area contributed by atoms with E-state index in [1.54, 1.807) is 11.1 Å². The SMILES string of the molecule is CC(C)(C)[C@H](c1nc(-c2cc(F)ccc2F)cn1Cc1ccccc1)N(CCCN)C(=O)ON1CCCO1. The van der Waals surface area contributed by atoms with E-state index in [4.69, 9.17) is 20.4 Å². The molecule has 2 N–H and O–H groups in total. The van der Waals surface area contributed by atoms with Crippen molar-refractivity contribution in [1.29, 1.82) is 0 Å². The molecule has 38 heavy (non-hydrogen) atoms. The van der Waals surface area contributed by atoms with Gasteiger partial charge < -0.3 is 15.1 Å². The Hall–Kier alpha value is -3.34. The Balaban J connectivity index is 1.82. The largest absolute Gasteiger partial charge is 0.431 e. The van der Waals surface area contributed by atoms with E-state index in [0.717, 1.165) is 30.2 Å². The quantitative estimate of drug-likeness (QED) is 0.406. The molecule has 1 aromatic heterocycles. The van der Waals surface area contributed by atoms with Gasteiger partial charge in [0, 0.05) is 24.8 Å². The lowest BCUT2D eigenvalue weighted by molar-refractivity contribution is -0.308. The van der Waals surface area contributed by atoms with Crippen LogP contribution in [0.15, 0.2) is 54.7 Å². The van der Waals surface area contributed by atoms with E-state index in [2.05, 4.69) is 0 Å². The van der Waals surface area contributed by atoms with Crippen molar-refractivity contribution in [3.63, 3.8) is 0 Å². The number of carbonyl (C=O) groups is 1. The molecule has 0 spiro atoms. The van der Waals surface area contributed by atoms with E-state index in [9.17, 15) is 13.6 Å². The molecule has 10 heteroatoms. The summed E-state index contributed by atoms with van der Waals surface area (Å²) in [6.45, 7) is 8.04. The van der Waals surface area contributed by atoms with Crippen molar-refractivity contribution in [2.45, 2.75) is 46.2 Å². The Labute approximate surface area is 221 Å². The summed E-state index contributed by atoms with van der Waals surface area (Å²) in [5.74, 6) is -0.622. The zero-order chi connectivity index (χ0) is 27.3. The van der Waals surface area contributed by atoms with Crippen LogP contribution < -0.4 is 5.73 Å². The number of rotatable bonds is 9. The van der Waals surface area contributed by atoms with Crippen LogP contribution in [0.4, 0.5) is 13.6 Å². The Morgan fingerprint density at radius 1 is 1.21 bits per heavy atom. The zero-order valence-corrected chi connectivity index (χ0v) is 22.1. The van der Waals surface area contributed by atoms with Crippen LogP contribution >= 0.6 is 0 Å². The third-order valence-electron chi connectivity index (χ3n) is 6.32. The van der Waals surface area contributed by atoms with Crippen molar-refractivity contribution in [3.05, 3.63) is 77.8 Å². The molecular formula is C28H35F2N5O3. The van der Waals surface area contributed by atoms with E-state index in [0.29, 0.717) is 45.0 Å². The van der Waals surface area contributed by atoms with Crippen molar-refractivity contribution < 1.29 is 23.3 Å². The Bertz CT molecular complexity index is 1220. The lowest BCUT2D eigenvalue weighted by atomic mass is 9.84. The van der Waals surface area contributed by atoms with Gasteiger partial charge in [-0.15, -0.1) is 0 Å². The Morgan fingerprint density at radius 2 is 1.97 bits per heavy atom. The molecule has 1 aliphatic heterocycles. The molecule has 0 radical (unpaired) electrons. The van der Waals surface area contributed by atoms with Crippen LogP contribution in [-0.4, -0.2) is 52.0 Å². The maximum absolute atomic E-state index is 14.8. The molecule has 2 aromatic carbocycles. The minimum absolute atomic E-state index is 0.0484. The third kappa shape index (κ3) is 6.56. The van der Waals surface area contributed by atoms with Gasteiger partial charge in [0.2, 0.25) is 0 Å². The van der Waals surface area contributed by atoms with E-state index >= 15 is 0 Å². The normalized spacial score (nSPS) is 15.0. The molecule has 8 nitrogen and oxygen atoms in total. The molecule has 0 unspecified atom stereocenters. The predicted molar refractivity (Wildman–Crippen MR) is 139 cm³/mol. The second-order valence-electron chi connectivity index (χ2n) is 10.4. The molecule has 204 valence electrons. The van der Waals surface area contributed by atoms with Gasteiger partial charge in [0.1, 0.15) is 17.5 Å². The Kier molecular flexibility index (Phi) is 8.76. The van der Waals surface area contributed by atoms with Gasteiger partial charge in [-0.3, -0.25) is 9.74 Å². The smallest absolute Gasteiger partial charge is 0.330 e. The van der Waals surface area contributed by atoms with E-state index < -0.39 is 29.2 Å². The molecular weight excluding hydrogens is 492 g/mol. The van der Waals surface area contributed by atoms with Crippen molar-refractivity contribution in [2.75, 3.05) is 26.2 Å². The maximum atomic E-state index is 14.8. The summed E-state index contributed by atoms with van der Waals surface area (Å²) in [6.07, 6.45) is 2.40. The molecule has 1 fully saturated rings. The first kappa shape index (κ1) is 27.7. The lowest BCUT2D eigenvalue weighted by Gasteiger charge is -2.39.